The van der Waals surface area contributed by atoms with Gasteiger partial charge in [0.2, 0.25) is 11.6 Å². The van der Waals surface area contributed by atoms with Crippen molar-refractivity contribution in [1.29, 1.82) is 0 Å². The van der Waals surface area contributed by atoms with E-state index in [4.69, 9.17) is 4.74 Å². The molecule has 9 nitrogen and oxygen atoms in total. The minimum Gasteiger partial charge on any atom is -0.497 e. The molecule has 4 aliphatic rings. The van der Waals surface area contributed by atoms with Gasteiger partial charge < -0.3 is 20.3 Å². The summed E-state index contributed by atoms with van der Waals surface area (Å²) in [6, 6.07) is 11.0. The van der Waals surface area contributed by atoms with Crippen molar-refractivity contribution in [2.75, 3.05) is 20.3 Å². The molecule has 2 aromatic rings. The smallest absolute Gasteiger partial charge is 0.254 e. The van der Waals surface area contributed by atoms with Crippen LogP contribution in [0, 0.1) is 11.8 Å². The first kappa shape index (κ1) is 22.7. The van der Waals surface area contributed by atoms with Crippen LogP contribution >= 0.6 is 8.58 Å². The van der Waals surface area contributed by atoms with E-state index in [2.05, 4.69) is 27.8 Å². The number of methoxy groups -OCH3 is 1. The summed E-state index contributed by atoms with van der Waals surface area (Å²) in [5.74, 6) is 6.41. The lowest BCUT2D eigenvalue weighted by atomic mass is 9.91. The van der Waals surface area contributed by atoms with Gasteiger partial charge in [0.25, 0.3) is 5.91 Å². The standard InChI is InChI=1S/C26H23N4O5P/c1-35-18-4-3-17-12-30(21(31)19(17)11-18)13-25(23(33)36-24(34)29-25)8-6-15-2-5-20-16(10-15)7-9-26(20)22(32)27-14-28-26/h2-5,10-11,28,36H,7,9,12-14H2,1H3,(H,27,32)(H,29,34). The van der Waals surface area contributed by atoms with E-state index in [1.54, 1.807) is 17.0 Å². The molecule has 3 heterocycles. The third-order valence-corrected chi connectivity index (χ3v) is 8.35. The van der Waals surface area contributed by atoms with Crippen LogP contribution in [0.1, 0.15) is 39.0 Å². The second kappa shape index (κ2) is 8.16. The van der Waals surface area contributed by atoms with E-state index in [0.717, 1.165) is 23.1 Å². The highest BCUT2D eigenvalue weighted by molar-refractivity contribution is 7.75. The van der Waals surface area contributed by atoms with Crippen molar-refractivity contribution in [3.63, 3.8) is 0 Å². The van der Waals surface area contributed by atoms with Gasteiger partial charge in [-0.25, -0.2) is 0 Å². The fourth-order valence-corrected chi connectivity index (χ4v) is 6.37. The summed E-state index contributed by atoms with van der Waals surface area (Å²) in [4.78, 5) is 52.3. The molecular formula is C26H23N4O5P. The Morgan fingerprint density at radius 3 is 2.69 bits per heavy atom. The number of nitrogens with one attached hydrogen (secondary N) is 3. The second-order valence-electron chi connectivity index (χ2n) is 9.38. The molecule has 6 rings (SSSR count). The molecule has 0 aromatic heterocycles. The van der Waals surface area contributed by atoms with E-state index in [1.165, 1.54) is 7.11 Å². The Kier molecular flexibility index (Phi) is 5.15. The molecule has 0 bridgehead atoms. The fraction of sp³-hybridized carbons (Fsp3) is 0.308. The highest BCUT2D eigenvalue weighted by Gasteiger charge is 2.49. The lowest BCUT2D eigenvalue weighted by Crippen LogP contribution is -2.53. The average Bonchev–Trinajstić information content (AvgIpc) is 3.59. The Hall–Kier alpha value is -3.73. The summed E-state index contributed by atoms with van der Waals surface area (Å²) in [5, 5.41) is 8.87. The van der Waals surface area contributed by atoms with Gasteiger partial charge in [0, 0.05) is 26.3 Å². The first-order chi connectivity index (χ1) is 17.3. The van der Waals surface area contributed by atoms with Crippen LogP contribution in [0.25, 0.3) is 0 Å². The van der Waals surface area contributed by atoms with Crippen LogP contribution in [0.5, 0.6) is 5.75 Å². The maximum Gasteiger partial charge on any atom is 0.254 e. The van der Waals surface area contributed by atoms with Gasteiger partial charge in [0.1, 0.15) is 11.3 Å². The third-order valence-electron chi connectivity index (χ3n) is 7.35. The second-order valence-corrected chi connectivity index (χ2v) is 10.5. The van der Waals surface area contributed by atoms with Crippen LogP contribution in [0.3, 0.4) is 0 Å². The summed E-state index contributed by atoms with van der Waals surface area (Å²) < 4.78 is 5.23. The number of aryl methyl sites for hydroxylation is 1. The van der Waals surface area contributed by atoms with Crippen LogP contribution in [-0.2, 0) is 28.1 Å². The van der Waals surface area contributed by atoms with Crippen molar-refractivity contribution in [1.82, 2.24) is 20.9 Å². The van der Waals surface area contributed by atoms with Crippen LogP contribution in [-0.4, -0.2) is 53.7 Å². The Morgan fingerprint density at radius 2 is 1.97 bits per heavy atom. The van der Waals surface area contributed by atoms with Crippen molar-refractivity contribution in [2.45, 2.75) is 30.5 Å². The number of rotatable bonds is 3. The third kappa shape index (κ3) is 3.41. The molecule has 2 fully saturated rings. The molecule has 1 aliphatic carbocycles. The van der Waals surface area contributed by atoms with Crippen molar-refractivity contribution >= 4 is 31.6 Å². The van der Waals surface area contributed by atoms with Crippen molar-refractivity contribution in [2.24, 2.45) is 0 Å². The number of benzene rings is 2. The maximum absolute atomic E-state index is 13.1. The molecule has 2 saturated heterocycles. The monoisotopic (exact) mass is 502 g/mol. The zero-order chi connectivity index (χ0) is 25.1. The molecule has 2 aromatic carbocycles. The number of hydrogen-bond donors (Lipinski definition) is 3. The van der Waals surface area contributed by atoms with Gasteiger partial charge in [-0.1, -0.05) is 24.0 Å². The molecule has 10 heteroatoms. The van der Waals surface area contributed by atoms with Gasteiger partial charge in [0.15, 0.2) is 11.1 Å². The number of carbonyl (C=O) groups excluding carboxylic acids is 4. The Morgan fingerprint density at radius 1 is 1.11 bits per heavy atom. The van der Waals surface area contributed by atoms with Gasteiger partial charge in [0.05, 0.1) is 20.3 Å². The van der Waals surface area contributed by atoms with Gasteiger partial charge in [-0.2, -0.15) is 0 Å². The Labute approximate surface area is 209 Å². The zero-order valence-electron chi connectivity index (χ0n) is 19.5. The number of ether oxygens (including phenoxy) is 1. The molecule has 3 aliphatic heterocycles. The zero-order valence-corrected chi connectivity index (χ0v) is 20.5. The van der Waals surface area contributed by atoms with E-state index in [1.807, 2.05) is 24.3 Å². The summed E-state index contributed by atoms with van der Waals surface area (Å²) in [6.07, 6.45) is 1.41. The molecule has 0 radical (unpaired) electrons. The molecule has 3 unspecified atom stereocenters. The summed E-state index contributed by atoms with van der Waals surface area (Å²) in [7, 11) is 0.984. The maximum atomic E-state index is 13.1. The summed E-state index contributed by atoms with van der Waals surface area (Å²) in [5.41, 5.74) is 1.15. The van der Waals surface area contributed by atoms with E-state index in [-0.39, 0.29) is 29.5 Å². The molecule has 3 N–H and O–H groups in total. The molecular weight excluding hydrogens is 479 g/mol. The van der Waals surface area contributed by atoms with Crippen molar-refractivity contribution in [3.05, 3.63) is 64.2 Å². The first-order valence-corrected chi connectivity index (χ1v) is 12.6. The summed E-state index contributed by atoms with van der Waals surface area (Å²) in [6.45, 7) is 0.728. The highest BCUT2D eigenvalue weighted by atomic mass is 31.1. The molecule has 3 atom stereocenters. The van der Waals surface area contributed by atoms with E-state index < -0.39 is 19.7 Å². The van der Waals surface area contributed by atoms with Gasteiger partial charge in [-0.05, 0) is 53.8 Å². The molecule has 36 heavy (non-hydrogen) atoms. The predicted molar refractivity (Wildman–Crippen MR) is 132 cm³/mol. The van der Waals surface area contributed by atoms with Gasteiger partial charge in [-0.3, -0.25) is 24.5 Å². The molecule has 182 valence electrons. The minimum absolute atomic E-state index is 0.0202. The number of fused-ring (bicyclic) bond motifs is 3. The molecule has 0 saturated carbocycles. The quantitative estimate of drug-likeness (QED) is 0.429. The minimum atomic E-state index is -1.47. The topological polar surface area (TPSA) is 117 Å². The van der Waals surface area contributed by atoms with E-state index in [9.17, 15) is 19.2 Å². The van der Waals surface area contributed by atoms with Crippen LogP contribution < -0.4 is 20.7 Å². The number of carbonyl (C=O) groups is 4. The van der Waals surface area contributed by atoms with Crippen molar-refractivity contribution < 1.29 is 23.9 Å². The lowest BCUT2D eigenvalue weighted by molar-refractivity contribution is -0.124. The molecule has 3 amide bonds. The van der Waals surface area contributed by atoms with Crippen LogP contribution in [0.2, 0.25) is 0 Å². The normalized spacial score (nSPS) is 26.6. The largest absolute Gasteiger partial charge is 0.497 e. The van der Waals surface area contributed by atoms with E-state index in [0.29, 0.717) is 36.5 Å². The van der Waals surface area contributed by atoms with Gasteiger partial charge in [-0.15, -0.1) is 0 Å². The number of hydrogen-bond acceptors (Lipinski definition) is 6. The number of amides is 3. The average molecular weight is 502 g/mol. The number of nitrogens with zero attached hydrogens (tertiary/aromatic N) is 1. The SMILES string of the molecule is COc1ccc2c(c1)C(=O)N(CC1(C#Cc3ccc4c(c3)CCC43NCNC3=O)NC(=O)PC1=O)C2. The fourth-order valence-electron chi connectivity index (χ4n) is 5.47. The highest BCUT2D eigenvalue weighted by Crippen LogP contribution is 2.39. The van der Waals surface area contributed by atoms with Crippen LogP contribution in [0.4, 0.5) is 4.79 Å². The van der Waals surface area contributed by atoms with Crippen LogP contribution in [0.15, 0.2) is 36.4 Å². The predicted octanol–water partition coefficient (Wildman–Crippen LogP) is 1.19. The summed E-state index contributed by atoms with van der Waals surface area (Å²) >= 11 is 0. The van der Waals surface area contributed by atoms with Crippen molar-refractivity contribution in [3.8, 4) is 17.6 Å². The van der Waals surface area contributed by atoms with E-state index >= 15 is 0 Å². The Bertz CT molecular complexity index is 1430. The lowest BCUT2D eigenvalue weighted by Gasteiger charge is -2.27. The van der Waals surface area contributed by atoms with Gasteiger partial charge >= 0.3 is 0 Å². The first-order valence-electron chi connectivity index (χ1n) is 11.6. The Balaban J connectivity index is 1.30. The molecule has 1 spiro atoms.